The Hall–Kier alpha value is -3.48. The van der Waals surface area contributed by atoms with Crippen molar-refractivity contribution in [2.24, 2.45) is 0 Å². The highest BCUT2D eigenvalue weighted by Crippen LogP contribution is 2.16. The average molecular weight is 308 g/mol. The van der Waals surface area contributed by atoms with Crippen LogP contribution in [0.1, 0.15) is 0 Å². The molecule has 0 saturated carbocycles. The zero-order valence-corrected chi connectivity index (χ0v) is 11.5. The van der Waals surface area contributed by atoms with Gasteiger partial charge in [0.05, 0.1) is 27.2 Å². The largest absolute Gasteiger partial charge is 0.508 e. The molecule has 0 aliphatic carbocycles. The first kappa shape index (κ1) is 13.2. The van der Waals surface area contributed by atoms with Gasteiger partial charge in [-0.3, -0.25) is 24.2 Å². The summed E-state index contributed by atoms with van der Waals surface area (Å²) >= 11 is 0. The molecule has 0 spiro atoms. The lowest BCUT2D eigenvalue weighted by atomic mass is 10.1. The second-order valence-corrected chi connectivity index (χ2v) is 5.19. The monoisotopic (exact) mass is 308 g/mol. The molecule has 4 rings (SSSR count). The summed E-state index contributed by atoms with van der Waals surface area (Å²) < 4.78 is 0.946. The van der Waals surface area contributed by atoms with Gasteiger partial charge < -0.3 is 5.11 Å². The lowest BCUT2D eigenvalue weighted by Crippen LogP contribution is -2.23. The van der Waals surface area contributed by atoms with Crippen LogP contribution in [0.15, 0.2) is 55.6 Å². The molecule has 0 unspecified atom stereocenters. The summed E-state index contributed by atoms with van der Waals surface area (Å²) in [6.07, 6.45) is 0. The number of H-pyrrole nitrogens is 1. The van der Waals surface area contributed by atoms with E-state index in [1.54, 1.807) is 0 Å². The molecule has 0 amide bonds. The molecular formula is C16H8N2O5. The summed E-state index contributed by atoms with van der Waals surface area (Å²) in [5.74, 6) is 0.00611. The van der Waals surface area contributed by atoms with Gasteiger partial charge in [-0.1, -0.05) is 0 Å². The van der Waals surface area contributed by atoms with E-state index in [1.165, 1.54) is 36.4 Å². The van der Waals surface area contributed by atoms with E-state index in [-0.39, 0.29) is 27.3 Å². The highest BCUT2D eigenvalue weighted by Gasteiger charge is 2.17. The Balaban J connectivity index is 2.18. The van der Waals surface area contributed by atoms with Crippen LogP contribution in [0.2, 0.25) is 0 Å². The molecule has 2 aromatic heterocycles. The maximum atomic E-state index is 12.5. The quantitative estimate of drug-likeness (QED) is 0.519. The van der Waals surface area contributed by atoms with Crippen LogP contribution in [-0.2, 0) is 0 Å². The summed E-state index contributed by atoms with van der Waals surface area (Å²) in [6.45, 7) is 0. The van der Waals surface area contributed by atoms with Crippen LogP contribution in [0.5, 0.6) is 5.75 Å². The van der Waals surface area contributed by atoms with E-state index in [9.17, 15) is 24.3 Å². The molecule has 0 saturated heterocycles. The second kappa shape index (κ2) is 4.26. The van der Waals surface area contributed by atoms with Gasteiger partial charge in [-0.05, 0) is 36.4 Å². The molecule has 4 aromatic rings. The SMILES string of the molecule is O=c1[nH]c(=O)c2cc3c(=O)n(-c4ccc(O)cc4)c(=O)c3cc12. The molecule has 7 nitrogen and oxygen atoms in total. The number of hydrogen-bond acceptors (Lipinski definition) is 5. The summed E-state index contributed by atoms with van der Waals surface area (Å²) in [5.41, 5.74) is -2.03. The molecule has 0 aliphatic rings. The smallest absolute Gasteiger partial charge is 0.266 e. The van der Waals surface area contributed by atoms with Gasteiger partial charge in [0.25, 0.3) is 22.2 Å². The predicted octanol–water partition coefficient (Wildman–Crippen LogP) is 0.134. The zero-order valence-electron chi connectivity index (χ0n) is 11.5. The summed E-state index contributed by atoms with van der Waals surface area (Å²) in [4.78, 5) is 50.5. The van der Waals surface area contributed by atoms with Crippen molar-refractivity contribution in [3.05, 3.63) is 77.8 Å². The number of fused-ring (bicyclic) bond motifs is 2. The van der Waals surface area contributed by atoms with Gasteiger partial charge in [-0.2, -0.15) is 0 Å². The lowest BCUT2D eigenvalue weighted by Gasteiger charge is -1.99. The molecule has 0 atom stereocenters. The topological polar surface area (TPSA) is 109 Å². The zero-order chi connectivity index (χ0) is 16.3. The fourth-order valence-corrected chi connectivity index (χ4v) is 2.74. The van der Waals surface area contributed by atoms with Crippen molar-refractivity contribution in [1.29, 1.82) is 0 Å². The number of hydrogen-bond donors (Lipinski definition) is 2. The summed E-state index contributed by atoms with van der Waals surface area (Å²) in [7, 11) is 0. The molecule has 0 radical (unpaired) electrons. The van der Waals surface area contributed by atoms with Crippen molar-refractivity contribution >= 4 is 21.5 Å². The van der Waals surface area contributed by atoms with Crippen LogP contribution in [-0.4, -0.2) is 14.7 Å². The maximum absolute atomic E-state index is 12.5. The predicted molar refractivity (Wildman–Crippen MR) is 84.2 cm³/mol. The van der Waals surface area contributed by atoms with E-state index in [2.05, 4.69) is 4.98 Å². The van der Waals surface area contributed by atoms with Crippen molar-refractivity contribution in [3.63, 3.8) is 0 Å². The lowest BCUT2D eigenvalue weighted by molar-refractivity contribution is 0.475. The molecule has 23 heavy (non-hydrogen) atoms. The van der Waals surface area contributed by atoms with Crippen molar-refractivity contribution in [2.75, 3.05) is 0 Å². The van der Waals surface area contributed by atoms with E-state index >= 15 is 0 Å². The molecule has 0 aliphatic heterocycles. The standard InChI is InChI=1S/C16H8N2O5/c19-8-3-1-7(2-4-8)18-15(22)11-5-9-10(6-12(11)16(18)23)14(21)17-13(9)20/h1-6,19H,(H,17,20,21). The second-order valence-electron chi connectivity index (χ2n) is 5.19. The Morgan fingerprint density at radius 2 is 1.22 bits per heavy atom. The Morgan fingerprint density at radius 3 is 1.70 bits per heavy atom. The highest BCUT2D eigenvalue weighted by atomic mass is 16.3. The van der Waals surface area contributed by atoms with Gasteiger partial charge in [0.1, 0.15) is 5.75 Å². The van der Waals surface area contributed by atoms with Gasteiger partial charge in [0.2, 0.25) is 0 Å². The number of benzene rings is 2. The number of aromatic hydroxyl groups is 1. The minimum atomic E-state index is -0.587. The number of rotatable bonds is 1. The van der Waals surface area contributed by atoms with Crippen LogP contribution in [0.4, 0.5) is 0 Å². The number of phenols is 1. The maximum Gasteiger partial charge on any atom is 0.266 e. The number of nitrogens with zero attached hydrogens (tertiary/aromatic N) is 1. The van der Waals surface area contributed by atoms with Gasteiger partial charge in [0, 0.05) is 0 Å². The fourth-order valence-electron chi connectivity index (χ4n) is 2.74. The molecule has 2 N–H and O–H groups in total. The van der Waals surface area contributed by atoms with E-state index in [1.807, 2.05) is 0 Å². The van der Waals surface area contributed by atoms with Gasteiger partial charge in [0.15, 0.2) is 0 Å². The Kier molecular flexibility index (Phi) is 2.45. The number of phenolic OH excluding ortho intramolecular Hbond substituents is 1. The Morgan fingerprint density at radius 1 is 0.739 bits per heavy atom. The van der Waals surface area contributed by atoms with Gasteiger partial charge >= 0.3 is 0 Å². The first-order chi connectivity index (χ1) is 11.0. The molecule has 2 heterocycles. The Labute approximate surface area is 126 Å². The summed E-state index contributed by atoms with van der Waals surface area (Å²) in [5, 5.41) is 9.63. The minimum absolute atomic E-state index is 0.00611. The van der Waals surface area contributed by atoms with Gasteiger partial charge in [-0.25, -0.2) is 4.57 Å². The van der Waals surface area contributed by atoms with Gasteiger partial charge in [-0.15, -0.1) is 0 Å². The third-order valence-corrected chi connectivity index (χ3v) is 3.85. The fraction of sp³-hybridized carbons (Fsp3) is 0. The first-order valence-corrected chi connectivity index (χ1v) is 6.69. The van der Waals surface area contributed by atoms with Crippen molar-refractivity contribution in [2.45, 2.75) is 0 Å². The highest BCUT2D eigenvalue weighted by molar-refractivity contribution is 5.97. The van der Waals surface area contributed by atoms with Crippen LogP contribution >= 0.6 is 0 Å². The number of aromatic nitrogens is 2. The third-order valence-electron chi connectivity index (χ3n) is 3.85. The van der Waals surface area contributed by atoms with Crippen LogP contribution in [0.25, 0.3) is 27.2 Å². The van der Waals surface area contributed by atoms with Crippen LogP contribution in [0, 0.1) is 0 Å². The average Bonchev–Trinajstić information content (AvgIpc) is 2.94. The normalized spacial score (nSPS) is 11.5. The molecule has 0 bridgehead atoms. The molecule has 112 valence electrons. The van der Waals surface area contributed by atoms with Crippen LogP contribution in [0.3, 0.4) is 0 Å². The molecule has 2 aromatic carbocycles. The summed E-state index contributed by atoms with van der Waals surface area (Å²) in [6, 6.07) is 8.12. The van der Waals surface area contributed by atoms with E-state index in [0.29, 0.717) is 5.69 Å². The van der Waals surface area contributed by atoms with E-state index < -0.39 is 22.2 Å². The van der Waals surface area contributed by atoms with Crippen molar-refractivity contribution in [1.82, 2.24) is 9.55 Å². The van der Waals surface area contributed by atoms with E-state index in [4.69, 9.17) is 0 Å². The molecule has 0 fully saturated rings. The molecule has 7 heteroatoms. The first-order valence-electron chi connectivity index (χ1n) is 6.69. The minimum Gasteiger partial charge on any atom is -0.508 e. The number of aromatic amines is 1. The van der Waals surface area contributed by atoms with E-state index in [0.717, 1.165) is 4.57 Å². The Bertz CT molecular complexity index is 1210. The third kappa shape index (κ3) is 1.70. The molecular weight excluding hydrogens is 300 g/mol. The van der Waals surface area contributed by atoms with Crippen molar-refractivity contribution < 1.29 is 5.11 Å². The van der Waals surface area contributed by atoms with Crippen molar-refractivity contribution in [3.8, 4) is 11.4 Å². The van der Waals surface area contributed by atoms with Crippen LogP contribution < -0.4 is 22.2 Å². The number of nitrogens with one attached hydrogen (secondary N) is 1.